The SMILES string of the molecule is CCOC(=O)CCn1ccc2cc(C(=O)c3cc(OC)c(OC)c(OC)c3)ccc21. The fraction of sp³-hybridized carbons (Fsp3) is 0.304. The zero-order valence-electron chi connectivity index (χ0n) is 17.6. The molecule has 0 amide bonds. The van der Waals surface area contributed by atoms with Crippen molar-refractivity contribution in [2.24, 2.45) is 0 Å². The number of hydrogen-bond donors (Lipinski definition) is 0. The van der Waals surface area contributed by atoms with Crippen LogP contribution in [0.25, 0.3) is 10.9 Å². The van der Waals surface area contributed by atoms with Gasteiger partial charge in [0.05, 0.1) is 34.4 Å². The number of nitrogens with zero attached hydrogens (tertiary/aromatic N) is 1. The molecular weight excluding hydrogens is 386 g/mol. The van der Waals surface area contributed by atoms with Crippen molar-refractivity contribution in [3.05, 3.63) is 53.7 Å². The minimum atomic E-state index is -0.228. The van der Waals surface area contributed by atoms with Crippen LogP contribution in [-0.2, 0) is 16.1 Å². The Labute approximate surface area is 175 Å². The second-order valence-electron chi connectivity index (χ2n) is 6.58. The summed E-state index contributed by atoms with van der Waals surface area (Å²) >= 11 is 0. The van der Waals surface area contributed by atoms with Crippen molar-refractivity contribution in [2.75, 3.05) is 27.9 Å². The first kappa shape index (κ1) is 21.2. The van der Waals surface area contributed by atoms with Crippen molar-refractivity contribution in [3.8, 4) is 17.2 Å². The van der Waals surface area contributed by atoms with Gasteiger partial charge in [0, 0.05) is 34.8 Å². The molecule has 0 spiro atoms. The first-order chi connectivity index (χ1) is 14.5. The minimum absolute atomic E-state index is 0.157. The summed E-state index contributed by atoms with van der Waals surface area (Å²) in [6.45, 7) is 2.68. The normalized spacial score (nSPS) is 10.7. The van der Waals surface area contributed by atoms with Gasteiger partial charge in [-0.05, 0) is 43.3 Å². The third-order valence-electron chi connectivity index (χ3n) is 4.82. The lowest BCUT2D eigenvalue weighted by Gasteiger charge is -2.14. The van der Waals surface area contributed by atoms with E-state index in [9.17, 15) is 9.59 Å². The standard InChI is InChI=1S/C23H25NO6/c1-5-30-21(25)9-11-24-10-8-15-12-16(6-7-18(15)24)22(26)17-13-19(27-2)23(29-4)20(14-17)28-3/h6-8,10,12-14H,5,9,11H2,1-4H3. The third kappa shape index (κ3) is 4.25. The Balaban J connectivity index is 1.88. The van der Waals surface area contributed by atoms with Gasteiger partial charge in [0.2, 0.25) is 5.75 Å². The summed E-state index contributed by atoms with van der Waals surface area (Å²) in [5.41, 5.74) is 1.92. The molecule has 0 fully saturated rings. The number of ketones is 1. The number of esters is 1. The zero-order chi connectivity index (χ0) is 21.7. The molecule has 1 aromatic heterocycles. The van der Waals surface area contributed by atoms with Gasteiger partial charge in [-0.1, -0.05) is 0 Å². The highest BCUT2D eigenvalue weighted by Gasteiger charge is 2.18. The highest BCUT2D eigenvalue weighted by Crippen LogP contribution is 2.38. The Hall–Kier alpha value is -3.48. The van der Waals surface area contributed by atoms with E-state index in [4.69, 9.17) is 18.9 Å². The van der Waals surface area contributed by atoms with Gasteiger partial charge in [-0.3, -0.25) is 9.59 Å². The molecule has 0 unspecified atom stereocenters. The lowest BCUT2D eigenvalue weighted by Crippen LogP contribution is -2.08. The number of carbonyl (C=O) groups excluding carboxylic acids is 2. The summed E-state index contributed by atoms with van der Waals surface area (Å²) in [6.07, 6.45) is 2.20. The average molecular weight is 411 g/mol. The minimum Gasteiger partial charge on any atom is -0.493 e. The Morgan fingerprint density at radius 2 is 1.60 bits per heavy atom. The number of aromatic nitrogens is 1. The molecule has 0 saturated carbocycles. The highest BCUT2D eigenvalue weighted by molar-refractivity contribution is 6.11. The lowest BCUT2D eigenvalue weighted by molar-refractivity contribution is -0.143. The number of hydrogen-bond acceptors (Lipinski definition) is 6. The summed E-state index contributed by atoms with van der Waals surface area (Å²) in [6, 6.07) is 10.7. The highest BCUT2D eigenvalue weighted by atomic mass is 16.5. The molecule has 1 heterocycles. The molecule has 0 saturated heterocycles. The van der Waals surface area contributed by atoms with Crippen molar-refractivity contribution in [1.82, 2.24) is 4.57 Å². The van der Waals surface area contributed by atoms with E-state index in [0.29, 0.717) is 47.9 Å². The molecule has 0 aliphatic heterocycles. The molecule has 0 radical (unpaired) electrons. The fourth-order valence-corrected chi connectivity index (χ4v) is 3.36. The Bertz CT molecular complexity index is 1040. The van der Waals surface area contributed by atoms with Gasteiger partial charge >= 0.3 is 5.97 Å². The van der Waals surface area contributed by atoms with Crippen molar-refractivity contribution in [3.63, 3.8) is 0 Å². The van der Waals surface area contributed by atoms with Gasteiger partial charge in [-0.15, -0.1) is 0 Å². The van der Waals surface area contributed by atoms with Crippen LogP contribution in [0.4, 0.5) is 0 Å². The van der Waals surface area contributed by atoms with Crippen LogP contribution in [0.15, 0.2) is 42.6 Å². The number of methoxy groups -OCH3 is 3. The van der Waals surface area contributed by atoms with Crippen molar-refractivity contribution < 1.29 is 28.5 Å². The van der Waals surface area contributed by atoms with Gasteiger partial charge in [-0.2, -0.15) is 0 Å². The van der Waals surface area contributed by atoms with Crippen LogP contribution in [0.3, 0.4) is 0 Å². The Kier molecular flexibility index (Phi) is 6.61. The molecule has 0 N–H and O–H groups in total. The summed E-state index contributed by atoms with van der Waals surface area (Å²) in [4.78, 5) is 24.7. The summed E-state index contributed by atoms with van der Waals surface area (Å²) in [7, 11) is 4.54. The monoisotopic (exact) mass is 411 g/mol. The van der Waals surface area contributed by atoms with E-state index in [1.807, 2.05) is 29.0 Å². The molecule has 3 rings (SSSR count). The molecule has 158 valence electrons. The molecule has 0 aliphatic carbocycles. The molecular formula is C23H25NO6. The molecule has 30 heavy (non-hydrogen) atoms. The van der Waals surface area contributed by atoms with Crippen LogP contribution >= 0.6 is 0 Å². The lowest BCUT2D eigenvalue weighted by atomic mass is 10.0. The number of rotatable bonds is 9. The molecule has 7 heteroatoms. The largest absolute Gasteiger partial charge is 0.493 e. The van der Waals surface area contributed by atoms with Crippen LogP contribution in [0.1, 0.15) is 29.3 Å². The average Bonchev–Trinajstić information content (AvgIpc) is 3.18. The van der Waals surface area contributed by atoms with E-state index < -0.39 is 0 Å². The van der Waals surface area contributed by atoms with E-state index in [1.54, 1.807) is 25.1 Å². The number of aryl methyl sites for hydroxylation is 1. The summed E-state index contributed by atoms with van der Waals surface area (Å²) in [5.74, 6) is 0.896. The first-order valence-electron chi connectivity index (χ1n) is 9.61. The van der Waals surface area contributed by atoms with Crippen LogP contribution < -0.4 is 14.2 Å². The number of fused-ring (bicyclic) bond motifs is 1. The second-order valence-corrected chi connectivity index (χ2v) is 6.58. The van der Waals surface area contributed by atoms with E-state index >= 15 is 0 Å². The van der Waals surface area contributed by atoms with Crippen molar-refractivity contribution in [2.45, 2.75) is 19.9 Å². The first-order valence-corrected chi connectivity index (χ1v) is 9.61. The maximum absolute atomic E-state index is 13.1. The van der Waals surface area contributed by atoms with E-state index in [0.717, 1.165) is 10.9 Å². The maximum Gasteiger partial charge on any atom is 0.307 e. The fourth-order valence-electron chi connectivity index (χ4n) is 3.36. The van der Waals surface area contributed by atoms with Gasteiger partial charge < -0.3 is 23.5 Å². The van der Waals surface area contributed by atoms with Crippen LogP contribution in [-0.4, -0.2) is 44.3 Å². The van der Waals surface area contributed by atoms with E-state index in [1.165, 1.54) is 21.3 Å². The molecule has 3 aromatic rings. The number of benzene rings is 2. The number of carbonyl (C=O) groups is 2. The second kappa shape index (κ2) is 9.35. The van der Waals surface area contributed by atoms with Gasteiger partial charge in [0.15, 0.2) is 17.3 Å². The van der Waals surface area contributed by atoms with Gasteiger partial charge in [0.1, 0.15) is 0 Å². The van der Waals surface area contributed by atoms with Crippen LogP contribution in [0.5, 0.6) is 17.2 Å². The van der Waals surface area contributed by atoms with Crippen molar-refractivity contribution in [1.29, 1.82) is 0 Å². The number of ether oxygens (including phenoxy) is 4. The molecule has 0 aliphatic rings. The topological polar surface area (TPSA) is 76.0 Å². The molecule has 0 atom stereocenters. The smallest absolute Gasteiger partial charge is 0.307 e. The Morgan fingerprint density at radius 1 is 0.900 bits per heavy atom. The summed E-state index contributed by atoms with van der Waals surface area (Å²) < 4.78 is 23.0. The molecule has 7 nitrogen and oxygen atoms in total. The summed E-state index contributed by atoms with van der Waals surface area (Å²) in [5, 5.41) is 0.914. The molecule has 2 aromatic carbocycles. The zero-order valence-corrected chi connectivity index (χ0v) is 17.6. The molecule has 0 bridgehead atoms. The van der Waals surface area contributed by atoms with Crippen molar-refractivity contribution >= 4 is 22.7 Å². The van der Waals surface area contributed by atoms with E-state index in [-0.39, 0.29) is 11.8 Å². The van der Waals surface area contributed by atoms with Crippen LogP contribution in [0.2, 0.25) is 0 Å². The maximum atomic E-state index is 13.1. The van der Waals surface area contributed by atoms with Crippen LogP contribution in [0, 0.1) is 0 Å². The predicted molar refractivity (Wildman–Crippen MR) is 113 cm³/mol. The van der Waals surface area contributed by atoms with Gasteiger partial charge in [-0.25, -0.2) is 0 Å². The quantitative estimate of drug-likeness (QED) is 0.393. The predicted octanol–water partition coefficient (Wildman–Crippen LogP) is 3.85. The third-order valence-corrected chi connectivity index (χ3v) is 4.82. The van der Waals surface area contributed by atoms with Gasteiger partial charge in [0.25, 0.3) is 0 Å². The van der Waals surface area contributed by atoms with E-state index in [2.05, 4.69) is 0 Å². The Morgan fingerprint density at radius 3 is 2.20 bits per heavy atom.